The van der Waals surface area contributed by atoms with Crippen molar-refractivity contribution < 1.29 is 32.2 Å². The fraction of sp³-hybridized carbons (Fsp3) is 0.417. The molecule has 180 valence electrons. The van der Waals surface area contributed by atoms with E-state index < -0.39 is 17.6 Å². The lowest BCUT2D eigenvalue weighted by molar-refractivity contribution is -0.137. The maximum Gasteiger partial charge on any atom is 0.416 e. The van der Waals surface area contributed by atoms with Crippen molar-refractivity contribution in [2.45, 2.75) is 38.8 Å². The number of alkyl halides is 3. The Morgan fingerprint density at radius 1 is 0.939 bits per heavy atom. The van der Waals surface area contributed by atoms with E-state index in [0.29, 0.717) is 5.56 Å². The Balaban J connectivity index is 1.97. The number of ether oxygens (including phenoxy) is 2. The zero-order chi connectivity index (χ0) is 24.6. The van der Waals surface area contributed by atoms with Crippen LogP contribution in [0.2, 0.25) is 0 Å². The summed E-state index contributed by atoms with van der Waals surface area (Å²) >= 11 is 0. The molecule has 9 heteroatoms. The summed E-state index contributed by atoms with van der Waals surface area (Å²) in [6.07, 6.45) is -4.69. The highest BCUT2D eigenvalue weighted by atomic mass is 19.4. The molecule has 0 aromatic heterocycles. The molecule has 0 heterocycles. The molecule has 2 aromatic carbocycles. The molecule has 0 bridgehead atoms. The molecule has 0 saturated carbocycles. The largest absolute Gasteiger partial charge is 0.489 e. The predicted molar refractivity (Wildman–Crippen MR) is 120 cm³/mol. The van der Waals surface area contributed by atoms with Crippen molar-refractivity contribution in [3.8, 4) is 5.75 Å². The average molecular weight is 467 g/mol. The molecule has 0 saturated heterocycles. The van der Waals surface area contributed by atoms with Gasteiger partial charge in [0.25, 0.3) is 5.91 Å². The van der Waals surface area contributed by atoms with Gasteiger partial charge in [-0.15, -0.1) is 0 Å². The Kier molecular flexibility index (Phi) is 8.87. The highest BCUT2D eigenvalue weighted by molar-refractivity contribution is 5.95. The Labute approximate surface area is 191 Å². The predicted octanol–water partition coefficient (Wildman–Crippen LogP) is 4.79. The number of hydrogen-bond acceptors (Lipinski definition) is 4. The number of rotatable bonds is 9. The fourth-order valence-electron chi connectivity index (χ4n) is 2.89. The van der Waals surface area contributed by atoms with Crippen LogP contribution in [0.1, 0.15) is 48.7 Å². The fourth-order valence-corrected chi connectivity index (χ4v) is 2.89. The molecule has 2 aromatic rings. The lowest BCUT2D eigenvalue weighted by Gasteiger charge is -2.19. The summed E-state index contributed by atoms with van der Waals surface area (Å²) in [4.78, 5) is 24.6. The molecule has 0 aliphatic rings. The first-order valence-electron chi connectivity index (χ1n) is 10.4. The Hall–Kier alpha value is -3.07. The minimum absolute atomic E-state index is 0.0184. The summed E-state index contributed by atoms with van der Waals surface area (Å²) in [5.41, 5.74) is 0.486. The van der Waals surface area contributed by atoms with Crippen molar-refractivity contribution in [1.82, 2.24) is 5.32 Å². The van der Waals surface area contributed by atoms with Gasteiger partial charge in [0.1, 0.15) is 12.4 Å². The molecule has 0 radical (unpaired) electrons. The number of benzene rings is 2. The minimum Gasteiger partial charge on any atom is -0.489 e. The Morgan fingerprint density at radius 2 is 1.58 bits per heavy atom. The van der Waals surface area contributed by atoms with Crippen molar-refractivity contribution in [2.24, 2.45) is 0 Å². The summed E-state index contributed by atoms with van der Waals surface area (Å²) in [6.45, 7) is 6.56. The van der Waals surface area contributed by atoms with Crippen LogP contribution in [0, 0.1) is 0 Å². The zero-order valence-electron chi connectivity index (χ0n) is 19.1. The van der Waals surface area contributed by atoms with E-state index in [0.717, 1.165) is 23.8 Å². The van der Waals surface area contributed by atoms with Gasteiger partial charge in [-0.25, -0.2) is 0 Å². The maximum absolute atomic E-state index is 13.1. The van der Waals surface area contributed by atoms with Gasteiger partial charge in [-0.1, -0.05) is 32.9 Å². The molecule has 2 rings (SSSR count). The van der Waals surface area contributed by atoms with Crippen LogP contribution in [0.25, 0.3) is 0 Å². The topological polar surface area (TPSA) is 76.7 Å². The van der Waals surface area contributed by atoms with Crippen molar-refractivity contribution in [1.29, 1.82) is 0 Å². The first kappa shape index (κ1) is 26.2. The lowest BCUT2D eigenvalue weighted by Crippen LogP contribution is -2.28. The molecular formula is C24H29F3N2O4. The Bertz CT molecular complexity index is 952. The van der Waals surface area contributed by atoms with E-state index in [9.17, 15) is 22.8 Å². The number of hydrogen-bond donors (Lipinski definition) is 2. The third-order valence-electron chi connectivity index (χ3n) is 4.78. The molecule has 0 aliphatic carbocycles. The molecule has 0 unspecified atom stereocenters. The summed E-state index contributed by atoms with van der Waals surface area (Å²) in [6, 6.07) is 10.0. The number of nitrogens with one attached hydrogen (secondary N) is 2. The van der Waals surface area contributed by atoms with Gasteiger partial charge in [0, 0.05) is 25.6 Å². The van der Waals surface area contributed by atoms with Gasteiger partial charge >= 0.3 is 6.18 Å². The molecular weight excluding hydrogens is 437 g/mol. The average Bonchev–Trinajstić information content (AvgIpc) is 2.73. The van der Waals surface area contributed by atoms with Crippen LogP contribution in [0.15, 0.2) is 42.5 Å². The van der Waals surface area contributed by atoms with Crippen LogP contribution >= 0.6 is 0 Å². The van der Waals surface area contributed by atoms with Crippen molar-refractivity contribution >= 4 is 17.5 Å². The van der Waals surface area contributed by atoms with E-state index in [2.05, 4.69) is 31.4 Å². The standard InChI is InChI=1S/C24H29F3N2O4/c1-23(2,3)17-7-5-16(6-8-17)22(31)28-12-11-21(30)29-19-15-18(24(25,26)27)9-10-20(19)33-14-13-32-4/h5-10,15H,11-14H2,1-4H3,(H,28,31)(H,29,30). The van der Waals surface area contributed by atoms with E-state index in [4.69, 9.17) is 9.47 Å². The van der Waals surface area contributed by atoms with Gasteiger partial charge in [-0.3, -0.25) is 9.59 Å². The van der Waals surface area contributed by atoms with E-state index >= 15 is 0 Å². The second-order valence-corrected chi connectivity index (χ2v) is 8.43. The number of methoxy groups -OCH3 is 1. The van der Waals surface area contributed by atoms with Crippen LogP contribution in [0.4, 0.5) is 18.9 Å². The van der Waals surface area contributed by atoms with E-state index in [1.54, 1.807) is 12.1 Å². The molecule has 6 nitrogen and oxygen atoms in total. The normalized spacial score (nSPS) is 11.7. The summed E-state index contributed by atoms with van der Waals surface area (Å²) in [7, 11) is 1.46. The van der Waals surface area contributed by atoms with Gasteiger partial charge in [0.2, 0.25) is 5.91 Å². The zero-order valence-corrected chi connectivity index (χ0v) is 19.1. The molecule has 0 aliphatic heterocycles. The maximum atomic E-state index is 13.1. The minimum atomic E-state index is -4.57. The highest BCUT2D eigenvalue weighted by Gasteiger charge is 2.31. The van der Waals surface area contributed by atoms with Crippen LogP contribution in [-0.2, 0) is 21.1 Å². The van der Waals surface area contributed by atoms with Gasteiger partial charge in [0.05, 0.1) is 17.9 Å². The number of amides is 2. The van der Waals surface area contributed by atoms with Crippen LogP contribution in [-0.4, -0.2) is 38.7 Å². The van der Waals surface area contributed by atoms with E-state index in [1.165, 1.54) is 7.11 Å². The highest BCUT2D eigenvalue weighted by Crippen LogP contribution is 2.35. The van der Waals surface area contributed by atoms with Crippen molar-refractivity contribution in [2.75, 3.05) is 32.2 Å². The SMILES string of the molecule is COCCOc1ccc(C(F)(F)F)cc1NC(=O)CCNC(=O)c1ccc(C(C)(C)C)cc1. The van der Waals surface area contributed by atoms with Crippen molar-refractivity contribution in [3.05, 3.63) is 59.2 Å². The smallest absolute Gasteiger partial charge is 0.416 e. The van der Waals surface area contributed by atoms with Crippen LogP contribution in [0.3, 0.4) is 0 Å². The third kappa shape index (κ3) is 8.09. The number of carbonyl (C=O) groups excluding carboxylic acids is 2. The molecule has 0 spiro atoms. The second kappa shape index (κ2) is 11.2. The second-order valence-electron chi connectivity index (χ2n) is 8.43. The quantitative estimate of drug-likeness (QED) is 0.521. The number of halogens is 3. The molecule has 33 heavy (non-hydrogen) atoms. The first-order chi connectivity index (χ1) is 15.4. The van der Waals surface area contributed by atoms with Gasteiger partial charge in [-0.05, 0) is 41.3 Å². The molecule has 2 N–H and O–H groups in total. The van der Waals surface area contributed by atoms with Gasteiger partial charge in [0.15, 0.2) is 0 Å². The van der Waals surface area contributed by atoms with Gasteiger partial charge < -0.3 is 20.1 Å². The lowest BCUT2D eigenvalue weighted by atomic mass is 9.87. The third-order valence-corrected chi connectivity index (χ3v) is 4.78. The molecule has 0 fully saturated rings. The number of carbonyl (C=O) groups is 2. The van der Waals surface area contributed by atoms with Crippen LogP contribution in [0.5, 0.6) is 5.75 Å². The van der Waals surface area contributed by atoms with Crippen molar-refractivity contribution in [3.63, 3.8) is 0 Å². The van der Waals surface area contributed by atoms with Gasteiger partial charge in [-0.2, -0.15) is 13.2 Å². The molecule has 2 amide bonds. The monoisotopic (exact) mass is 466 g/mol. The summed E-state index contributed by atoms with van der Waals surface area (Å²) in [5, 5.41) is 5.07. The molecule has 0 atom stereocenters. The Morgan fingerprint density at radius 3 is 2.15 bits per heavy atom. The first-order valence-corrected chi connectivity index (χ1v) is 10.4. The number of anilines is 1. The van der Waals surface area contributed by atoms with E-state index in [1.807, 2.05) is 12.1 Å². The van der Waals surface area contributed by atoms with E-state index in [-0.39, 0.29) is 48.9 Å². The summed E-state index contributed by atoms with van der Waals surface area (Å²) < 4.78 is 49.5. The van der Waals surface area contributed by atoms with Crippen LogP contribution < -0.4 is 15.4 Å². The summed E-state index contributed by atoms with van der Waals surface area (Å²) in [5.74, 6) is -0.809.